The van der Waals surface area contributed by atoms with Crippen LogP contribution in [0.1, 0.15) is 22.7 Å². The van der Waals surface area contributed by atoms with Crippen molar-refractivity contribution in [3.8, 4) is 5.75 Å². The summed E-state index contributed by atoms with van der Waals surface area (Å²) >= 11 is 0. The van der Waals surface area contributed by atoms with E-state index in [0.29, 0.717) is 6.54 Å². The second kappa shape index (κ2) is 4.28. The number of ether oxygens (including phenoxy) is 1. The Labute approximate surface area is 102 Å². The van der Waals surface area contributed by atoms with Gasteiger partial charge in [-0.1, -0.05) is 0 Å². The maximum absolute atomic E-state index is 11.5. The summed E-state index contributed by atoms with van der Waals surface area (Å²) in [6.45, 7) is 4.80. The molecule has 0 aromatic heterocycles. The summed E-state index contributed by atoms with van der Waals surface area (Å²) in [5.74, 6) is 0.841. The summed E-state index contributed by atoms with van der Waals surface area (Å²) < 4.78 is 5.39. The third kappa shape index (κ3) is 2.07. The highest BCUT2D eigenvalue weighted by molar-refractivity contribution is 5.77. The molecule has 1 unspecified atom stereocenters. The van der Waals surface area contributed by atoms with E-state index in [-0.39, 0.29) is 12.1 Å². The standard InChI is InChI=1S/C13H18N2O2/c1-8-5-10(12(17-4)6-9(8)2)11-7-15(3)13(16)14-11/h5-6,11H,7H2,1-4H3,(H,14,16). The van der Waals surface area contributed by atoms with Gasteiger partial charge in [0.1, 0.15) is 5.75 Å². The Morgan fingerprint density at radius 3 is 2.53 bits per heavy atom. The quantitative estimate of drug-likeness (QED) is 0.850. The number of carbonyl (C=O) groups is 1. The Bertz CT molecular complexity index is 457. The number of rotatable bonds is 2. The van der Waals surface area contributed by atoms with Gasteiger partial charge in [-0.15, -0.1) is 0 Å². The molecule has 1 aliphatic rings. The van der Waals surface area contributed by atoms with Crippen molar-refractivity contribution >= 4 is 6.03 Å². The molecule has 1 fully saturated rings. The van der Waals surface area contributed by atoms with Crippen LogP contribution < -0.4 is 10.1 Å². The molecule has 1 aromatic carbocycles. The van der Waals surface area contributed by atoms with Crippen molar-refractivity contribution in [3.05, 3.63) is 28.8 Å². The number of amides is 2. The van der Waals surface area contributed by atoms with E-state index in [1.165, 1.54) is 11.1 Å². The van der Waals surface area contributed by atoms with Crippen molar-refractivity contribution in [3.63, 3.8) is 0 Å². The monoisotopic (exact) mass is 234 g/mol. The average Bonchev–Trinajstić information content (AvgIpc) is 2.62. The molecule has 17 heavy (non-hydrogen) atoms. The number of likely N-dealkylation sites (N-methyl/N-ethyl adjacent to an activating group) is 1. The van der Waals surface area contributed by atoms with E-state index in [9.17, 15) is 4.79 Å². The van der Waals surface area contributed by atoms with Gasteiger partial charge in [-0.3, -0.25) is 0 Å². The number of benzene rings is 1. The molecule has 0 bridgehead atoms. The number of nitrogens with one attached hydrogen (secondary N) is 1. The van der Waals surface area contributed by atoms with E-state index in [1.54, 1.807) is 19.1 Å². The fourth-order valence-electron chi connectivity index (χ4n) is 2.10. The Hall–Kier alpha value is -1.71. The lowest BCUT2D eigenvalue weighted by atomic mass is 10.00. The van der Waals surface area contributed by atoms with Crippen LogP contribution in [-0.2, 0) is 0 Å². The van der Waals surface area contributed by atoms with Gasteiger partial charge in [-0.05, 0) is 37.1 Å². The Morgan fingerprint density at radius 1 is 1.35 bits per heavy atom. The first-order valence-corrected chi connectivity index (χ1v) is 5.69. The van der Waals surface area contributed by atoms with Crippen molar-refractivity contribution < 1.29 is 9.53 Å². The van der Waals surface area contributed by atoms with E-state index >= 15 is 0 Å². The topological polar surface area (TPSA) is 41.6 Å². The normalized spacial score (nSPS) is 19.4. The Balaban J connectivity index is 2.38. The zero-order valence-corrected chi connectivity index (χ0v) is 10.7. The minimum atomic E-state index is -0.0321. The number of methoxy groups -OCH3 is 1. The summed E-state index contributed by atoms with van der Waals surface area (Å²) in [7, 11) is 3.46. The Kier molecular flexibility index (Phi) is 2.96. The number of carbonyl (C=O) groups excluding carboxylic acids is 1. The molecule has 0 aliphatic carbocycles. The zero-order valence-electron chi connectivity index (χ0n) is 10.7. The van der Waals surface area contributed by atoms with Crippen LogP contribution in [0, 0.1) is 13.8 Å². The molecular weight excluding hydrogens is 216 g/mol. The molecule has 2 rings (SSSR count). The Morgan fingerprint density at radius 2 is 2.00 bits per heavy atom. The van der Waals surface area contributed by atoms with Crippen molar-refractivity contribution in [1.82, 2.24) is 10.2 Å². The van der Waals surface area contributed by atoms with E-state index < -0.39 is 0 Å². The van der Waals surface area contributed by atoms with Gasteiger partial charge in [0.2, 0.25) is 0 Å². The first-order chi connectivity index (χ1) is 8.02. The third-order valence-electron chi connectivity index (χ3n) is 3.32. The van der Waals surface area contributed by atoms with Crippen LogP contribution in [0.3, 0.4) is 0 Å². The van der Waals surface area contributed by atoms with Crippen LogP contribution in [0.2, 0.25) is 0 Å². The first kappa shape index (κ1) is 11.8. The van der Waals surface area contributed by atoms with E-state index in [0.717, 1.165) is 11.3 Å². The predicted molar refractivity (Wildman–Crippen MR) is 66.4 cm³/mol. The summed E-state index contributed by atoms with van der Waals surface area (Å²) in [5, 5.41) is 2.95. The summed E-state index contributed by atoms with van der Waals surface area (Å²) in [5.41, 5.74) is 3.46. The van der Waals surface area contributed by atoms with Gasteiger partial charge in [-0.2, -0.15) is 0 Å². The van der Waals surface area contributed by atoms with Gasteiger partial charge in [0, 0.05) is 19.2 Å². The number of urea groups is 1. The lowest BCUT2D eigenvalue weighted by molar-refractivity contribution is 0.226. The maximum Gasteiger partial charge on any atom is 0.317 e. The van der Waals surface area contributed by atoms with Crippen LogP contribution in [0.15, 0.2) is 12.1 Å². The molecule has 1 aliphatic heterocycles. The van der Waals surface area contributed by atoms with Gasteiger partial charge in [0.25, 0.3) is 0 Å². The van der Waals surface area contributed by atoms with E-state index in [1.807, 2.05) is 6.07 Å². The lowest BCUT2D eigenvalue weighted by Crippen LogP contribution is -2.24. The van der Waals surface area contributed by atoms with Crippen LogP contribution in [0.25, 0.3) is 0 Å². The number of hydrogen-bond donors (Lipinski definition) is 1. The van der Waals surface area contributed by atoms with Crippen LogP contribution in [0.4, 0.5) is 4.79 Å². The predicted octanol–water partition coefficient (Wildman–Crippen LogP) is 2.01. The highest BCUT2D eigenvalue weighted by atomic mass is 16.5. The van der Waals surface area contributed by atoms with Crippen LogP contribution >= 0.6 is 0 Å². The summed E-state index contributed by atoms with van der Waals surface area (Å²) in [6.07, 6.45) is 0. The van der Waals surface area contributed by atoms with Gasteiger partial charge >= 0.3 is 6.03 Å². The van der Waals surface area contributed by atoms with Gasteiger partial charge in [-0.25, -0.2) is 4.79 Å². The third-order valence-corrected chi connectivity index (χ3v) is 3.32. The molecule has 92 valence electrons. The molecule has 1 atom stereocenters. The molecule has 1 heterocycles. The number of hydrogen-bond acceptors (Lipinski definition) is 2. The van der Waals surface area contributed by atoms with Crippen LogP contribution in [-0.4, -0.2) is 31.6 Å². The molecule has 0 saturated carbocycles. The highest BCUT2D eigenvalue weighted by Gasteiger charge is 2.29. The van der Waals surface area contributed by atoms with Gasteiger partial charge < -0.3 is 15.0 Å². The highest BCUT2D eigenvalue weighted by Crippen LogP contribution is 2.30. The first-order valence-electron chi connectivity index (χ1n) is 5.69. The summed E-state index contributed by atoms with van der Waals surface area (Å²) in [6, 6.07) is 4.10. The number of nitrogens with zero attached hydrogens (tertiary/aromatic N) is 1. The summed E-state index contributed by atoms with van der Waals surface area (Å²) in [4.78, 5) is 13.2. The number of aryl methyl sites for hydroxylation is 2. The minimum Gasteiger partial charge on any atom is -0.496 e. The van der Waals surface area contributed by atoms with Gasteiger partial charge in [0.05, 0.1) is 13.2 Å². The smallest absolute Gasteiger partial charge is 0.317 e. The van der Waals surface area contributed by atoms with Crippen molar-refractivity contribution in [2.45, 2.75) is 19.9 Å². The average molecular weight is 234 g/mol. The largest absolute Gasteiger partial charge is 0.496 e. The van der Waals surface area contributed by atoms with Crippen molar-refractivity contribution in [2.24, 2.45) is 0 Å². The molecule has 1 N–H and O–H groups in total. The second-order valence-electron chi connectivity index (χ2n) is 4.56. The molecule has 1 aromatic rings. The molecule has 4 heteroatoms. The van der Waals surface area contributed by atoms with Gasteiger partial charge in [0.15, 0.2) is 0 Å². The fourth-order valence-corrected chi connectivity index (χ4v) is 2.10. The van der Waals surface area contributed by atoms with E-state index in [4.69, 9.17) is 4.74 Å². The zero-order chi connectivity index (χ0) is 12.6. The molecule has 4 nitrogen and oxygen atoms in total. The molecule has 2 amide bonds. The van der Waals surface area contributed by atoms with Crippen molar-refractivity contribution in [2.75, 3.05) is 20.7 Å². The van der Waals surface area contributed by atoms with Crippen molar-refractivity contribution in [1.29, 1.82) is 0 Å². The fraction of sp³-hybridized carbons (Fsp3) is 0.462. The molecule has 0 radical (unpaired) electrons. The molecule has 1 saturated heterocycles. The molecule has 0 spiro atoms. The lowest BCUT2D eigenvalue weighted by Gasteiger charge is -2.16. The van der Waals surface area contributed by atoms with Crippen LogP contribution in [0.5, 0.6) is 5.75 Å². The second-order valence-corrected chi connectivity index (χ2v) is 4.56. The maximum atomic E-state index is 11.5. The van der Waals surface area contributed by atoms with E-state index in [2.05, 4.69) is 25.2 Å². The minimum absolute atomic E-state index is 0.0155. The molecular formula is C13H18N2O2. The SMILES string of the molecule is COc1cc(C)c(C)cc1C1CN(C)C(=O)N1.